The lowest BCUT2D eigenvalue weighted by molar-refractivity contribution is -0.122. The molecule has 1 amide bonds. The van der Waals surface area contributed by atoms with Gasteiger partial charge in [-0.2, -0.15) is 0 Å². The van der Waals surface area contributed by atoms with Gasteiger partial charge in [0.25, 0.3) is 0 Å². The van der Waals surface area contributed by atoms with Crippen LogP contribution in [-0.2, 0) is 9.59 Å². The molecule has 0 saturated carbocycles. The summed E-state index contributed by atoms with van der Waals surface area (Å²) in [5.41, 5.74) is 16.3. The summed E-state index contributed by atoms with van der Waals surface area (Å²) in [6, 6.07) is -0.198. The number of aliphatic imine (C=N–C) groups is 1. The monoisotopic (exact) mass is 390 g/mol. The largest absolute Gasteiger partial charge is 0.370 e. The lowest BCUT2D eigenvalue weighted by Crippen LogP contribution is -2.39. The molecule has 2 unspecified atom stereocenters. The molecule has 0 aromatic carbocycles. The Morgan fingerprint density at radius 1 is 1.32 bits per heavy atom. The van der Waals surface area contributed by atoms with Gasteiger partial charge in [-0.25, -0.2) is 5.43 Å². The summed E-state index contributed by atoms with van der Waals surface area (Å²) in [7, 11) is 3.36. The number of aldehydes is 1. The molecular formula is C15H30N6O2S2. The number of rotatable bonds is 16. The molecule has 10 heteroatoms. The van der Waals surface area contributed by atoms with Crippen LogP contribution >= 0.6 is 21.6 Å². The molecule has 0 heterocycles. The van der Waals surface area contributed by atoms with Crippen molar-refractivity contribution in [1.82, 2.24) is 16.2 Å². The lowest BCUT2D eigenvalue weighted by Gasteiger charge is -2.20. The van der Waals surface area contributed by atoms with Gasteiger partial charge in [-0.15, -0.1) is 0 Å². The van der Waals surface area contributed by atoms with Crippen molar-refractivity contribution in [3.8, 4) is 0 Å². The smallest absolute Gasteiger partial charge is 0.221 e. The Morgan fingerprint density at radius 3 is 2.68 bits per heavy atom. The quantitative estimate of drug-likeness (QED) is 0.0637. The molecule has 8 nitrogen and oxygen atoms in total. The maximum absolute atomic E-state index is 11.9. The highest BCUT2D eigenvalue weighted by Crippen LogP contribution is 2.21. The van der Waals surface area contributed by atoms with Crippen LogP contribution in [0, 0.1) is 5.92 Å². The Kier molecular flexibility index (Phi) is 15.2. The molecule has 0 bridgehead atoms. The number of hydrazine groups is 1. The van der Waals surface area contributed by atoms with E-state index < -0.39 is 0 Å². The number of hydrogen-bond acceptors (Lipinski definition) is 7. The minimum Gasteiger partial charge on any atom is -0.370 e. The van der Waals surface area contributed by atoms with Crippen molar-refractivity contribution in [3.63, 3.8) is 0 Å². The fourth-order valence-corrected chi connectivity index (χ4v) is 3.79. The average molecular weight is 391 g/mol. The zero-order chi connectivity index (χ0) is 18.9. The highest BCUT2D eigenvalue weighted by Gasteiger charge is 2.18. The van der Waals surface area contributed by atoms with Crippen LogP contribution in [0.15, 0.2) is 17.8 Å². The van der Waals surface area contributed by atoms with Crippen molar-refractivity contribution in [1.29, 1.82) is 0 Å². The van der Waals surface area contributed by atoms with E-state index in [1.165, 1.54) is 0 Å². The molecule has 0 aromatic rings. The normalized spacial score (nSPS) is 12.7. The van der Waals surface area contributed by atoms with Gasteiger partial charge in [0.2, 0.25) is 5.91 Å². The molecule has 0 rings (SSSR count). The number of guanidine groups is 1. The van der Waals surface area contributed by atoms with E-state index in [0.29, 0.717) is 25.8 Å². The Balaban J connectivity index is 3.81. The van der Waals surface area contributed by atoms with Crippen LogP contribution in [0.3, 0.4) is 0 Å². The maximum Gasteiger partial charge on any atom is 0.221 e. The summed E-state index contributed by atoms with van der Waals surface area (Å²) in [6.07, 6.45) is 4.23. The number of nitrogens with one attached hydrogen (secondary N) is 3. The fourth-order valence-electron chi connectivity index (χ4n) is 1.89. The lowest BCUT2D eigenvalue weighted by atomic mass is 9.97. The molecule has 144 valence electrons. The van der Waals surface area contributed by atoms with E-state index in [0.717, 1.165) is 24.3 Å². The van der Waals surface area contributed by atoms with E-state index in [2.05, 4.69) is 27.7 Å². The van der Waals surface area contributed by atoms with Crippen LogP contribution in [-0.4, -0.2) is 48.8 Å². The average Bonchev–Trinajstić information content (AvgIpc) is 2.56. The Labute approximate surface area is 157 Å². The summed E-state index contributed by atoms with van der Waals surface area (Å²) < 4.78 is 0. The third-order valence-corrected chi connectivity index (χ3v) is 5.61. The zero-order valence-electron chi connectivity index (χ0n) is 14.7. The molecule has 0 aliphatic heterocycles. The van der Waals surface area contributed by atoms with Crippen LogP contribution in [0.2, 0.25) is 0 Å². The van der Waals surface area contributed by atoms with Crippen molar-refractivity contribution in [3.05, 3.63) is 12.8 Å². The molecule has 0 saturated heterocycles. The van der Waals surface area contributed by atoms with Crippen LogP contribution < -0.4 is 27.6 Å². The first-order valence-electron chi connectivity index (χ1n) is 8.15. The number of nitrogens with two attached hydrogens (primary N) is 2. The predicted octanol–water partition coefficient (Wildman–Crippen LogP) is 0.369. The van der Waals surface area contributed by atoms with Gasteiger partial charge in [0.15, 0.2) is 5.96 Å². The van der Waals surface area contributed by atoms with Crippen molar-refractivity contribution < 1.29 is 9.59 Å². The summed E-state index contributed by atoms with van der Waals surface area (Å²) in [5.74, 6) is 1.43. The van der Waals surface area contributed by atoms with E-state index in [-0.39, 0.29) is 23.8 Å². The molecule has 0 aliphatic carbocycles. The number of carbonyl (C=O) groups excluding carboxylic acids is 2. The van der Waals surface area contributed by atoms with Crippen molar-refractivity contribution >= 4 is 39.7 Å². The highest BCUT2D eigenvalue weighted by molar-refractivity contribution is 8.76. The molecule has 0 aliphatic rings. The first kappa shape index (κ1) is 23.6. The third-order valence-electron chi connectivity index (χ3n) is 3.21. The van der Waals surface area contributed by atoms with Gasteiger partial charge in [-0.1, -0.05) is 28.2 Å². The van der Waals surface area contributed by atoms with E-state index in [4.69, 9.17) is 11.5 Å². The first-order chi connectivity index (χ1) is 12.0. The molecule has 2 atom stereocenters. The van der Waals surface area contributed by atoms with Gasteiger partial charge in [-0.05, 0) is 19.8 Å². The second kappa shape index (κ2) is 16.1. The molecule has 7 N–H and O–H groups in total. The fraction of sp³-hybridized carbons (Fsp3) is 0.667. The maximum atomic E-state index is 11.9. The molecule has 25 heavy (non-hydrogen) atoms. The molecule has 0 aromatic heterocycles. The summed E-state index contributed by atoms with van der Waals surface area (Å²) in [5, 5.41) is 2.89. The molecule has 0 radical (unpaired) electrons. The standard InChI is InChI=1S/C15H30N6O2S2/c1-3-19-20-8-10-25-24-9-6-14(23)21-12(2)13(11-22)5-4-7-18-15(16)17/h3,11-13,19-20H,1,4-10H2,2H3,(H,21,23)(H4,16,17,18). The molecule has 0 fully saturated rings. The second-order valence-electron chi connectivity index (χ2n) is 5.27. The van der Waals surface area contributed by atoms with Gasteiger partial charge in [0, 0.05) is 49.2 Å². The molecular weight excluding hydrogens is 360 g/mol. The summed E-state index contributed by atoms with van der Waals surface area (Å²) >= 11 is 0. The first-order valence-corrected chi connectivity index (χ1v) is 10.6. The Bertz CT molecular complexity index is 419. The number of amides is 1. The van der Waals surface area contributed by atoms with E-state index in [1.807, 2.05) is 6.92 Å². The topological polar surface area (TPSA) is 135 Å². The Hall–Kier alpha value is -1.39. The van der Waals surface area contributed by atoms with Gasteiger partial charge in [0.1, 0.15) is 6.29 Å². The Morgan fingerprint density at radius 2 is 2.04 bits per heavy atom. The van der Waals surface area contributed by atoms with E-state index in [1.54, 1.807) is 27.8 Å². The van der Waals surface area contributed by atoms with Crippen LogP contribution in [0.25, 0.3) is 0 Å². The molecule has 0 spiro atoms. The summed E-state index contributed by atoms with van der Waals surface area (Å²) in [4.78, 5) is 27.0. The summed E-state index contributed by atoms with van der Waals surface area (Å²) in [6.45, 7) is 6.67. The van der Waals surface area contributed by atoms with E-state index >= 15 is 0 Å². The number of hydrogen-bond donors (Lipinski definition) is 5. The van der Waals surface area contributed by atoms with Gasteiger partial charge in [0.05, 0.1) is 0 Å². The van der Waals surface area contributed by atoms with Crippen LogP contribution in [0.4, 0.5) is 0 Å². The van der Waals surface area contributed by atoms with E-state index in [9.17, 15) is 9.59 Å². The van der Waals surface area contributed by atoms with Crippen molar-refractivity contribution in [2.45, 2.75) is 32.2 Å². The van der Waals surface area contributed by atoms with Gasteiger partial charge >= 0.3 is 0 Å². The minimum absolute atomic E-state index is 0.0388. The van der Waals surface area contributed by atoms with Gasteiger partial charge in [-0.3, -0.25) is 9.79 Å². The second-order valence-corrected chi connectivity index (χ2v) is 7.98. The SMILES string of the molecule is C=CNNCCSSCCC(=O)NC(C)C(C=O)CCCN=C(N)N. The van der Waals surface area contributed by atoms with Gasteiger partial charge < -0.3 is 27.0 Å². The minimum atomic E-state index is -0.233. The van der Waals surface area contributed by atoms with Crippen molar-refractivity contribution in [2.24, 2.45) is 22.4 Å². The highest BCUT2D eigenvalue weighted by atomic mass is 33.1. The van der Waals surface area contributed by atoms with Crippen LogP contribution in [0.5, 0.6) is 0 Å². The number of nitrogens with zero attached hydrogens (tertiary/aromatic N) is 1. The zero-order valence-corrected chi connectivity index (χ0v) is 16.3. The van der Waals surface area contributed by atoms with Crippen molar-refractivity contribution in [2.75, 3.05) is 24.6 Å². The van der Waals surface area contributed by atoms with Crippen LogP contribution in [0.1, 0.15) is 26.2 Å². The third kappa shape index (κ3) is 14.6. The number of carbonyl (C=O) groups is 2. The predicted molar refractivity (Wildman–Crippen MR) is 108 cm³/mol.